The first-order chi connectivity index (χ1) is 17.8. The van der Waals surface area contributed by atoms with Crippen molar-refractivity contribution in [1.82, 2.24) is 0 Å². The SMILES string of the molecule is Cc1ccccc1NC(=O)c1cc(C(=O)Nc2ccccc2C)cc(N2C(=O)c3ccccc3C2=O)c1. The highest BCUT2D eigenvalue weighted by Gasteiger charge is 2.37. The zero-order chi connectivity index (χ0) is 26.1. The quantitative estimate of drug-likeness (QED) is 0.356. The molecule has 0 radical (unpaired) electrons. The van der Waals surface area contributed by atoms with Gasteiger partial charge in [0.15, 0.2) is 0 Å². The summed E-state index contributed by atoms with van der Waals surface area (Å²) in [6.45, 7) is 3.73. The summed E-state index contributed by atoms with van der Waals surface area (Å²) in [4.78, 5) is 53.8. The Morgan fingerprint density at radius 2 is 1.00 bits per heavy atom. The van der Waals surface area contributed by atoms with Gasteiger partial charge in [-0.25, -0.2) is 4.90 Å². The van der Waals surface area contributed by atoms with Gasteiger partial charge >= 0.3 is 0 Å². The highest BCUT2D eigenvalue weighted by atomic mass is 16.2. The zero-order valence-electron chi connectivity index (χ0n) is 20.2. The van der Waals surface area contributed by atoms with Crippen LogP contribution in [0.2, 0.25) is 0 Å². The molecule has 0 saturated carbocycles. The van der Waals surface area contributed by atoms with E-state index in [9.17, 15) is 19.2 Å². The number of amides is 4. The number of nitrogens with zero attached hydrogens (tertiary/aromatic N) is 1. The van der Waals surface area contributed by atoms with Crippen molar-refractivity contribution in [2.75, 3.05) is 15.5 Å². The van der Waals surface area contributed by atoms with Crippen LogP contribution < -0.4 is 15.5 Å². The molecule has 1 aliphatic rings. The molecule has 0 fully saturated rings. The molecular weight excluding hydrogens is 466 g/mol. The lowest BCUT2D eigenvalue weighted by atomic mass is 10.1. The molecule has 0 aromatic heterocycles. The van der Waals surface area contributed by atoms with Crippen LogP contribution in [0.1, 0.15) is 52.6 Å². The Kier molecular flexibility index (Phi) is 6.11. The molecule has 0 aliphatic carbocycles. The molecule has 4 amide bonds. The second-order valence-corrected chi connectivity index (χ2v) is 8.80. The first-order valence-corrected chi connectivity index (χ1v) is 11.7. The van der Waals surface area contributed by atoms with E-state index < -0.39 is 23.6 Å². The molecule has 0 spiro atoms. The van der Waals surface area contributed by atoms with Crippen molar-refractivity contribution in [3.05, 3.63) is 124 Å². The standard InChI is InChI=1S/C30H23N3O4/c1-18-9-3-7-13-25(18)31-27(34)20-15-21(28(35)32-26-14-8-4-10-19(26)2)17-22(16-20)33-29(36)23-11-5-6-12-24(23)30(33)37/h3-17H,1-2H3,(H,31,34)(H,32,35). The average molecular weight is 490 g/mol. The predicted octanol–water partition coefficient (Wildman–Crippen LogP) is 5.61. The van der Waals surface area contributed by atoms with Crippen LogP contribution in [-0.4, -0.2) is 23.6 Å². The Morgan fingerprint density at radius 3 is 1.43 bits per heavy atom. The Morgan fingerprint density at radius 1 is 0.595 bits per heavy atom. The van der Waals surface area contributed by atoms with E-state index in [-0.39, 0.29) is 27.9 Å². The number of imide groups is 1. The normalized spacial score (nSPS) is 12.3. The Hall–Kier alpha value is -5.04. The van der Waals surface area contributed by atoms with Crippen LogP contribution in [0.5, 0.6) is 0 Å². The largest absolute Gasteiger partial charge is 0.322 e. The van der Waals surface area contributed by atoms with Gasteiger partial charge < -0.3 is 10.6 Å². The monoisotopic (exact) mass is 489 g/mol. The fourth-order valence-electron chi connectivity index (χ4n) is 4.24. The molecule has 1 aliphatic heterocycles. The second kappa shape index (κ2) is 9.54. The number of rotatable bonds is 5. The van der Waals surface area contributed by atoms with Crippen molar-refractivity contribution in [2.45, 2.75) is 13.8 Å². The molecule has 4 aromatic carbocycles. The Balaban J connectivity index is 1.56. The topological polar surface area (TPSA) is 95.6 Å². The molecule has 0 saturated heterocycles. The molecule has 4 aromatic rings. The van der Waals surface area contributed by atoms with Gasteiger partial charge in [-0.2, -0.15) is 0 Å². The molecule has 1 heterocycles. The van der Waals surface area contributed by atoms with Gasteiger partial charge in [0.2, 0.25) is 0 Å². The van der Waals surface area contributed by atoms with Gasteiger partial charge in [0.05, 0.1) is 16.8 Å². The first kappa shape index (κ1) is 23.7. The van der Waals surface area contributed by atoms with Crippen LogP contribution in [0.3, 0.4) is 0 Å². The maximum Gasteiger partial charge on any atom is 0.266 e. The third-order valence-electron chi connectivity index (χ3n) is 6.28. The summed E-state index contributed by atoms with van der Waals surface area (Å²) in [6, 6.07) is 25.5. The number of aryl methyl sites for hydroxylation is 2. The third-order valence-corrected chi connectivity index (χ3v) is 6.28. The van der Waals surface area contributed by atoms with Gasteiger partial charge in [-0.15, -0.1) is 0 Å². The van der Waals surface area contributed by atoms with Crippen molar-refractivity contribution in [1.29, 1.82) is 0 Å². The molecule has 0 unspecified atom stereocenters. The number of hydrogen-bond acceptors (Lipinski definition) is 4. The summed E-state index contributed by atoms with van der Waals surface area (Å²) < 4.78 is 0. The van der Waals surface area contributed by atoms with Gasteiger partial charge in [-0.05, 0) is 67.4 Å². The minimum absolute atomic E-state index is 0.132. The van der Waals surface area contributed by atoms with Gasteiger partial charge in [0, 0.05) is 22.5 Å². The summed E-state index contributed by atoms with van der Waals surface area (Å²) in [7, 11) is 0. The summed E-state index contributed by atoms with van der Waals surface area (Å²) in [5.41, 5.74) is 3.91. The highest BCUT2D eigenvalue weighted by Crippen LogP contribution is 2.30. The molecule has 2 N–H and O–H groups in total. The maximum absolute atomic E-state index is 13.3. The Labute approximate surface area is 213 Å². The lowest BCUT2D eigenvalue weighted by Crippen LogP contribution is -2.30. The van der Waals surface area contributed by atoms with Crippen molar-refractivity contribution in [3.63, 3.8) is 0 Å². The highest BCUT2D eigenvalue weighted by molar-refractivity contribution is 6.34. The van der Waals surface area contributed by atoms with Crippen LogP contribution in [0, 0.1) is 13.8 Å². The lowest BCUT2D eigenvalue weighted by molar-refractivity contribution is 0.0922. The fraction of sp³-hybridized carbons (Fsp3) is 0.0667. The predicted molar refractivity (Wildman–Crippen MR) is 142 cm³/mol. The van der Waals surface area contributed by atoms with Crippen LogP contribution in [-0.2, 0) is 0 Å². The number of carbonyl (C=O) groups excluding carboxylic acids is 4. The Bertz CT molecular complexity index is 1480. The number of carbonyl (C=O) groups is 4. The lowest BCUT2D eigenvalue weighted by Gasteiger charge is -2.17. The molecular formula is C30H23N3O4. The molecule has 0 bridgehead atoms. The number of fused-ring (bicyclic) bond motifs is 1. The maximum atomic E-state index is 13.3. The molecule has 5 rings (SSSR count). The fourth-order valence-corrected chi connectivity index (χ4v) is 4.24. The summed E-state index contributed by atoms with van der Waals surface area (Å²) in [5, 5.41) is 5.70. The van der Waals surface area contributed by atoms with E-state index >= 15 is 0 Å². The number of hydrogen-bond donors (Lipinski definition) is 2. The number of anilines is 3. The van der Waals surface area contributed by atoms with E-state index in [4.69, 9.17) is 0 Å². The van der Waals surface area contributed by atoms with Crippen molar-refractivity contribution in [2.24, 2.45) is 0 Å². The second-order valence-electron chi connectivity index (χ2n) is 8.80. The van der Waals surface area contributed by atoms with E-state index in [0.29, 0.717) is 11.4 Å². The summed E-state index contributed by atoms with van der Waals surface area (Å²) in [6.07, 6.45) is 0. The van der Waals surface area contributed by atoms with Crippen molar-refractivity contribution >= 4 is 40.7 Å². The van der Waals surface area contributed by atoms with Gasteiger partial charge in [-0.3, -0.25) is 19.2 Å². The summed E-state index contributed by atoms with van der Waals surface area (Å²) >= 11 is 0. The smallest absolute Gasteiger partial charge is 0.266 e. The number of nitrogens with one attached hydrogen (secondary N) is 2. The van der Waals surface area contributed by atoms with E-state index in [1.807, 2.05) is 38.1 Å². The molecule has 182 valence electrons. The zero-order valence-corrected chi connectivity index (χ0v) is 20.2. The number of para-hydroxylation sites is 2. The van der Waals surface area contributed by atoms with Crippen molar-refractivity contribution in [3.8, 4) is 0 Å². The molecule has 7 nitrogen and oxygen atoms in total. The number of benzene rings is 4. The van der Waals surface area contributed by atoms with Crippen LogP contribution >= 0.6 is 0 Å². The minimum atomic E-state index is -0.512. The first-order valence-electron chi connectivity index (χ1n) is 11.7. The van der Waals surface area contributed by atoms with E-state index in [2.05, 4.69) is 10.6 Å². The van der Waals surface area contributed by atoms with Gasteiger partial charge in [-0.1, -0.05) is 48.5 Å². The van der Waals surface area contributed by atoms with Gasteiger partial charge in [0.25, 0.3) is 23.6 Å². The molecule has 7 heteroatoms. The van der Waals surface area contributed by atoms with E-state index in [1.165, 1.54) is 18.2 Å². The molecule has 37 heavy (non-hydrogen) atoms. The van der Waals surface area contributed by atoms with Gasteiger partial charge in [0.1, 0.15) is 0 Å². The van der Waals surface area contributed by atoms with Crippen LogP contribution in [0.25, 0.3) is 0 Å². The van der Waals surface area contributed by atoms with E-state index in [1.54, 1.807) is 48.5 Å². The summed E-state index contributed by atoms with van der Waals surface area (Å²) in [5.74, 6) is -1.97. The average Bonchev–Trinajstić information content (AvgIpc) is 3.16. The molecule has 0 atom stereocenters. The van der Waals surface area contributed by atoms with Crippen LogP contribution in [0.15, 0.2) is 91.0 Å². The minimum Gasteiger partial charge on any atom is -0.322 e. The van der Waals surface area contributed by atoms with E-state index in [0.717, 1.165) is 16.0 Å². The van der Waals surface area contributed by atoms with Crippen molar-refractivity contribution < 1.29 is 19.2 Å². The third kappa shape index (κ3) is 4.50. The van der Waals surface area contributed by atoms with Crippen LogP contribution in [0.4, 0.5) is 17.1 Å².